The fourth-order valence-electron chi connectivity index (χ4n) is 3.39. The standard InChI is InChI=1S/C14H15F2N3O2S/c1-12-5-14(12,10(20)21)22-11(18)19-13(12,2)7-3-6(17)4-8(15)9(7)16/h3-4H,5,17H2,1-2H3,(H2,18,19)(H,20,21)/t12?,13-,14-/m1/s1. The van der Waals surface area contributed by atoms with Crippen molar-refractivity contribution >= 4 is 28.6 Å². The van der Waals surface area contributed by atoms with E-state index in [9.17, 15) is 18.7 Å². The fourth-order valence-corrected chi connectivity index (χ4v) is 4.85. The number of anilines is 1. The van der Waals surface area contributed by atoms with E-state index in [4.69, 9.17) is 11.5 Å². The largest absolute Gasteiger partial charge is 0.480 e. The first kappa shape index (κ1) is 15.1. The Morgan fingerprint density at radius 2 is 2.00 bits per heavy atom. The van der Waals surface area contributed by atoms with Crippen LogP contribution in [0.5, 0.6) is 0 Å². The Bertz CT molecular complexity index is 741. The number of amidine groups is 1. The molecule has 5 nitrogen and oxygen atoms in total. The first-order valence-electron chi connectivity index (χ1n) is 6.60. The van der Waals surface area contributed by atoms with Gasteiger partial charge in [0.1, 0.15) is 4.75 Å². The van der Waals surface area contributed by atoms with Gasteiger partial charge in [-0.3, -0.25) is 9.79 Å². The minimum atomic E-state index is -1.30. The molecule has 5 N–H and O–H groups in total. The number of rotatable bonds is 2. The van der Waals surface area contributed by atoms with Gasteiger partial charge in [0.25, 0.3) is 0 Å². The third kappa shape index (κ3) is 1.58. The molecule has 1 saturated carbocycles. The van der Waals surface area contributed by atoms with E-state index in [0.29, 0.717) is 0 Å². The van der Waals surface area contributed by atoms with Crippen molar-refractivity contribution in [2.24, 2.45) is 16.1 Å². The summed E-state index contributed by atoms with van der Waals surface area (Å²) in [5.41, 5.74) is 9.18. The van der Waals surface area contributed by atoms with Crippen LogP contribution in [-0.2, 0) is 10.3 Å². The van der Waals surface area contributed by atoms with Crippen LogP contribution in [0.15, 0.2) is 17.1 Å². The SMILES string of the molecule is CC12C[C@]1(C(=O)O)SC(N)=N[C@]2(C)c1cc(N)cc(F)c1F. The highest BCUT2D eigenvalue weighted by Crippen LogP contribution is 2.75. The number of nitrogens with zero attached hydrogens (tertiary/aromatic N) is 1. The van der Waals surface area contributed by atoms with Gasteiger partial charge in [0.15, 0.2) is 16.8 Å². The maximum absolute atomic E-state index is 14.3. The molecule has 0 spiro atoms. The van der Waals surface area contributed by atoms with Gasteiger partial charge in [-0.25, -0.2) is 8.78 Å². The molecule has 1 aliphatic heterocycles. The first-order chi connectivity index (χ1) is 10.1. The summed E-state index contributed by atoms with van der Waals surface area (Å²) < 4.78 is 26.9. The smallest absolute Gasteiger partial charge is 0.320 e. The van der Waals surface area contributed by atoms with Gasteiger partial charge in [0.2, 0.25) is 0 Å². The summed E-state index contributed by atoms with van der Waals surface area (Å²) in [7, 11) is 0. The van der Waals surface area contributed by atoms with Crippen LogP contribution < -0.4 is 11.5 Å². The van der Waals surface area contributed by atoms with Crippen molar-refractivity contribution in [3.8, 4) is 0 Å². The van der Waals surface area contributed by atoms with Gasteiger partial charge in [-0.15, -0.1) is 0 Å². The number of fused-ring (bicyclic) bond motifs is 1. The zero-order valence-corrected chi connectivity index (χ0v) is 12.8. The number of benzene rings is 1. The number of hydrogen-bond acceptors (Lipinski definition) is 5. The molecular weight excluding hydrogens is 312 g/mol. The zero-order chi connectivity index (χ0) is 16.5. The highest BCUT2D eigenvalue weighted by molar-refractivity contribution is 8.15. The maximum Gasteiger partial charge on any atom is 0.320 e. The predicted octanol–water partition coefficient (Wildman–Crippen LogP) is 2.06. The van der Waals surface area contributed by atoms with Gasteiger partial charge in [0, 0.05) is 16.7 Å². The number of nitrogens with two attached hydrogens (primary N) is 2. The van der Waals surface area contributed by atoms with E-state index in [0.717, 1.165) is 17.8 Å². The lowest BCUT2D eigenvalue weighted by Gasteiger charge is -2.39. The Morgan fingerprint density at radius 3 is 2.59 bits per heavy atom. The van der Waals surface area contributed by atoms with Crippen LogP contribution in [0.4, 0.5) is 14.5 Å². The molecule has 3 atom stereocenters. The van der Waals surface area contributed by atoms with Crippen molar-refractivity contribution in [1.82, 2.24) is 0 Å². The number of halogens is 2. The van der Waals surface area contributed by atoms with Crippen LogP contribution in [0.3, 0.4) is 0 Å². The number of carboxylic acid groups (broad SMARTS) is 1. The Labute approximate surface area is 129 Å². The van der Waals surface area contributed by atoms with E-state index < -0.39 is 33.3 Å². The number of thioether (sulfide) groups is 1. The summed E-state index contributed by atoms with van der Waals surface area (Å²) in [6.45, 7) is 3.27. The molecule has 1 aliphatic carbocycles. The zero-order valence-electron chi connectivity index (χ0n) is 12.0. The van der Waals surface area contributed by atoms with Crippen LogP contribution >= 0.6 is 11.8 Å². The van der Waals surface area contributed by atoms with Crippen LogP contribution in [0.1, 0.15) is 25.8 Å². The molecule has 0 amide bonds. The summed E-state index contributed by atoms with van der Waals surface area (Å²) in [6, 6.07) is 2.17. The molecule has 8 heteroatoms. The van der Waals surface area contributed by atoms with E-state index in [1.54, 1.807) is 13.8 Å². The Morgan fingerprint density at radius 1 is 1.36 bits per heavy atom. The first-order valence-corrected chi connectivity index (χ1v) is 7.42. The highest BCUT2D eigenvalue weighted by atomic mass is 32.2. The fraction of sp³-hybridized carbons (Fsp3) is 0.429. The summed E-state index contributed by atoms with van der Waals surface area (Å²) in [5, 5.41) is 9.60. The lowest BCUT2D eigenvalue weighted by Crippen LogP contribution is -2.45. The number of aliphatic carboxylic acids is 1. The van der Waals surface area contributed by atoms with Gasteiger partial charge in [-0.05, 0) is 25.5 Å². The molecule has 1 heterocycles. The second kappa shape index (κ2) is 4.13. The van der Waals surface area contributed by atoms with Gasteiger partial charge in [0.05, 0.1) is 5.54 Å². The van der Waals surface area contributed by atoms with Gasteiger partial charge in [-0.2, -0.15) is 0 Å². The van der Waals surface area contributed by atoms with Gasteiger partial charge in [-0.1, -0.05) is 18.7 Å². The lowest BCUT2D eigenvalue weighted by atomic mass is 9.76. The molecule has 1 aromatic carbocycles. The van der Waals surface area contributed by atoms with Crippen LogP contribution in [0.25, 0.3) is 0 Å². The van der Waals surface area contributed by atoms with Crippen molar-refractivity contribution < 1.29 is 18.7 Å². The predicted molar refractivity (Wildman–Crippen MR) is 80.4 cm³/mol. The normalized spacial score (nSPS) is 36.5. The lowest BCUT2D eigenvalue weighted by molar-refractivity contribution is -0.138. The Hall–Kier alpha value is -1.83. The quantitative estimate of drug-likeness (QED) is 0.722. The molecule has 0 aromatic heterocycles. The van der Waals surface area contributed by atoms with E-state index >= 15 is 0 Å². The van der Waals surface area contributed by atoms with Crippen molar-refractivity contribution in [2.45, 2.75) is 30.6 Å². The Kier molecular flexibility index (Phi) is 2.83. The van der Waals surface area contributed by atoms with E-state index in [1.165, 1.54) is 6.07 Å². The molecule has 118 valence electrons. The van der Waals surface area contributed by atoms with E-state index in [2.05, 4.69) is 4.99 Å². The van der Waals surface area contributed by atoms with E-state index in [1.807, 2.05) is 0 Å². The third-order valence-electron chi connectivity index (χ3n) is 4.98. The summed E-state index contributed by atoms with van der Waals surface area (Å²) in [6.07, 6.45) is 0.260. The van der Waals surface area contributed by atoms with Crippen molar-refractivity contribution in [1.29, 1.82) is 0 Å². The number of aliphatic imine (C=N–C) groups is 1. The second-order valence-electron chi connectivity index (χ2n) is 6.13. The summed E-state index contributed by atoms with van der Waals surface area (Å²) >= 11 is 0.962. The molecule has 0 bridgehead atoms. The molecule has 1 unspecified atom stereocenters. The topological polar surface area (TPSA) is 102 Å². The molecule has 0 saturated heterocycles. The summed E-state index contributed by atoms with van der Waals surface area (Å²) in [4.78, 5) is 16.0. The number of nitrogen functional groups attached to an aromatic ring is 1. The molecule has 0 radical (unpaired) electrons. The average molecular weight is 327 g/mol. The Balaban J connectivity index is 2.26. The van der Waals surface area contributed by atoms with E-state index in [-0.39, 0.29) is 22.8 Å². The molecule has 2 aliphatic rings. The highest BCUT2D eigenvalue weighted by Gasteiger charge is 2.79. The molecule has 22 heavy (non-hydrogen) atoms. The van der Waals surface area contributed by atoms with Gasteiger partial charge >= 0.3 is 5.97 Å². The summed E-state index contributed by atoms with van der Waals surface area (Å²) in [5.74, 6) is -3.20. The van der Waals surface area contributed by atoms with Crippen molar-refractivity contribution in [3.63, 3.8) is 0 Å². The molecule has 1 fully saturated rings. The van der Waals surface area contributed by atoms with Gasteiger partial charge < -0.3 is 16.6 Å². The number of carboxylic acids is 1. The van der Waals surface area contributed by atoms with Crippen LogP contribution in [0, 0.1) is 17.0 Å². The minimum Gasteiger partial charge on any atom is -0.480 e. The molecule has 3 rings (SSSR count). The number of carbonyl (C=O) groups is 1. The monoisotopic (exact) mass is 327 g/mol. The van der Waals surface area contributed by atoms with Crippen molar-refractivity contribution in [2.75, 3.05) is 5.73 Å². The number of hydrogen-bond donors (Lipinski definition) is 3. The molecule has 1 aromatic rings. The minimum absolute atomic E-state index is 0.0436. The molecular formula is C14H15F2N3O2S. The maximum atomic E-state index is 14.3. The average Bonchev–Trinajstić information content (AvgIpc) is 3.02. The van der Waals surface area contributed by atoms with Crippen molar-refractivity contribution in [3.05, 3.63) is 29.3 Å². The second-order valence-corrected chi connectivity index (χ2v) is 7.45. The third-order valence-corrected chi connectivity index (χ3v) is 6.39. The van der Waals surface area contributed by atoms with Crippen LogP contribution in [0.2, 0.25) is 0 Å². The van der Waals surface area contributed by atoms with Crippen LogP contribution in [-0.4, -0.2) is 21.0 Å².